The van der Waals surface area contributed by atoms with Crippen LogP contribution in [0.4, 0.5) is 11.4 Å². The zero-order valence-corrected chi connectivity index (χ0v) is 15.9. The number of carbonyl (C=O) groups is 1. The van der Waals surface area contributed by atoms with E-state index < -0.39 is 0 Å². The number of amides is 1. The third-order valence-electron chi connectivity index (χ3n) is 4.25. The first kappa shape index (κ1) is 19.2. The van der Waals surface area contributed by atoms with Gasteiger partial charge in [-0.25, -0.2) is 4.98 Å². The Morgan fingerprint density at radius 3 is 2.04 bits per heavy atom. The van der Waals surface area contributed by atoms with E-state index in [-0.39, 0.29) is 5.91 Å². The van der Waals surface area contributed by atoms with Crippen molar-refractivity contribution >= 4 is 17.3 Å². The number of pyridine rings is 1. The normalized spacial score (nSPS) is 10.2. The van der Waals surface area contributed by atoms with E-state index in [4.69, 9.17) is 9.47 Å². The molecule has 1 amide bonds. The molecule has 144 valence electrons. The lowest BCUT2D eigenvalue weighted by molar-refractivity contribution is 0.102. The fourth-order valence-corrected chi connectivity index (χ4v) is 2.65. The Hall–Kier alpha value is -3.54. The van der Waals surface area contributed by atoms with Crippen LogP contribution in [-0.2, 0) is 6.42 Å². The number of aromatic nitrogens is 1. The van der Waals surface area contributed by atoms with Crippen LogP contribution in [0.3, 0.4) is 0 Å². The summed E-state index contributed by atoms with van der Waals surface area (Å²) in [6.07, 6.45) is 2.54. The molecule has 2 aromatic carbocycles. The number of hydrogen-bond acceptors (Lipinski definition) is 5. The van der Waals surface area contributed by atoms with Gasteiger partial charge in [0.05, 0.1) is 26.1 Å². The molecule has 1 aromatic heterocycles. The van der Waals surface area contributed by atoms with Crippen LogP contribution in [0.5, 0.6) is 11.5 Å². The summed E-state index contributed by atoms with van der Waals surface area (Å²) in [5, 5.41) is 6.13. The number of carbonyl (C=O) groups excluding carboxylic acids is 1. The Morgan fingerprint density at radius 1 is 0.857 bits per heavy atom. The SMILES string of the molecule is COc1ccc(CCNc2ccc(C(=O)Nc3ccc(OC)cc3)nc2)cc1. The second-order valence-electron chi connectivity index (χ2n) is 6.14. The summed E-state index contributed by atoms with van der Waals surface area (Å²) in [6, 6.07) is 18.7. The van der Waals surface area contributed by atoms with E-state index >= 15 is 0 Å². The lowest BCUT2D eigenvalue weighted by Gasteiger charge is -2.08. The average Bonchev–Trinajstić information content (AvgIpc) is 2.75. The van der Waals surface area contributed by atoms with E-state index in [1.165, 1.54) is 5.56 Å². The van der Waals surface area contributed by atoms with Gasteiger partial charge in [0, 0.05) is 12.2 Å². The minimum absolute atomic E-state index is 0.255. The topological polar surface area (TPSA) is 72.5 Å². The molecular weight excluding hydrogens is 354 g/mol. The van der Waals surface area contributed by atoms with Crippen LogP contribution in [0.1, 0.15) is 16.1 Å². The molecule has 3 rings (SSSR count). The third kappa shape index (κ3) is 5.23. The highest BCUT2D eigenvalue weighted by molar-refractivity contribution is 6.02. The fraction of sp³-hybridized carbons (Fsp3) is 0.182. The van der Waals surface area contributed by atoms with Crippen LogP contribution >= 0.6 is 0 Å². The Kier molecular flexibility index (Phi) is 6.46. The number of methoxy groups -OCH3 is 2. The first-order valence-electron chi connectivity index (χ1n) is 8.96. The number of hydrogen-bond donors (Lipinski definition) is 2. The monoisotopic (exact) mass is 377 g/mol. The van der Waals surface area contributed by atoms with Gasteiger partial charge in [0.25, 0.3) is 5.91 Å². The molecule has 0 aliphatic heterocycles. The molecule has 2 N–H and O–H groups in total. The highest BCUT2D eigenvalue weighted by Crippen LogP contribution is 2.16. The molecule has 28 heavy (non-hydrogen) atoms. The van der Waals surface area contributed by atoms with E-state index in [0.29, 0.717) is 11.4 Å². The summed E-state index contributed by atoms with van der Waals surface area (Å²) in [7, 11) is 3.26. The molecule has 6 nitrogen and oxygen atoms in total. The van der Waals surface area contributed by atoms with Gasteiger partial charge in [-0.2, -0.15) is 0 Å². The van der Waals surface area contributed by atoms with Gasteiger partial charge in [0.15, 0.2) is 0 Å². The summed E-state index contributed by atoms with van der Waals surface area (Å²) in [5.74, 6) is 1.33. The maximum atomic E-state index is 12.3. The molecule has 6 heteroatoms. The van der Waals surface area contributed by atoms with Gasteiger partial charge < -0.3 is 20.1 Å². The van der Waals surface area contributed by atoms with Crippen molar-refractivity contribution in [2.24, 2.45) is 0 Å². The number of rotatable bonds is 8. The maximum absolute atomic E-state index is 12.3. The number of nitrogens with zero attached hydrogens (tertiary/aromatic N) is 1. The van der Waals surface area contributed by atoms with Crippen LogP contribution in [0.15, 0.2) is 66.9 Å². The molecule has 0 saturated carbocycles. The first-order chi connectivity index (χ1) is 13.7. The predicted molar refractivity (Wildman–Crippen MR) is 110 cm³/mol. The number of nitrogens with one attached hydrogen (secondary N) is 2. The van der Waals surface area contributed by atoms with Gasteiger partial charge >= 0.3 is 0 Å². The van der Waals surface area contributed by atoms with Crippen LogP contribution < -0.4 is 20.1 Å². The molecule has 0 fully saturated rings. The molecule has 0 atom stereocenters. The lowest BCUT2D eigenvalue weighted by Crippen LogP contribution is -2.14. The summed E-state index contributed by atoms with van der Waals surface area (Å²) in [6.45, 7) is 0.769. The second-order valence-corrected chi connectivity index (χ2v) is 6.14. The standard InChI is InChI=1S/C22H23N3O3/c1-27-19-8-3-16(4-9-19)13-14-23-18-7-12-21(24-15-18)22(26)25-17-5-10-20(28-2)11-6-17/h3-12,15,23H,13-14H2,1-2H3,(H,25,26). The first-order valence-corrected chi connectivity index (χ1v) is 8.96. The molecule has 1 heterocycles. The minimum Gasteiger partial charge on any atom is -0.497 e. The van der Waals surface area contributed by atoms with E-state index in [0.717, 1.165) is 30.2 Å². The number of anilines is 2. The Balaban J connectivity index is 1.49. The third-order valence-corrected chi connectivity index (χ3v) is 4.25. The molecule has 0 aliphatic rings. The molecule has 0 spiro atoms. The highest BCUT2D eigenvalue weighted by Gasteiger charge is 2.08. The zero-order chi connectivity index (χ0) is 19.8. The van der Waals surface area contributed by atoms with Crippen LogP contribution in [0.2, 0.25) is 0 Å². The molecule has 0 aliphatic carbocycles. The maximum Gasteiger partial charge on any atom is 0.274 e. The Bertz CT molecular complexity index is 892. The van der Waals surface area contributed by atoms with Crippen LogP contribution in [-0.4, -0.2) is 31.7 Å². The number of benzene rings is 2. The molecule has 0 unspecified atom stereocenters. The Labute approximate surface area is 164 Å². The van der Waals surface area contributed by atoms with Crippen LogP contribution in [0, 0.1) is 0 Å². The predicted octanol–water partition coefficient (Wildman–Crippen LogP) is 4.01. The highest BCUT2D eigenvalue weighted by atomic mass is 16.5. The molecule has 0 saturated heterocycles. The quantitative estimate of drug-likeness (QED) is 0.621. The Morgan fingerprint density at radius 2 is 1.46 bits per heavy atom. The lowest BCUT2D eigenvalue weighted by atomic mass is 10.1. The van der Waals surface area contributed by atoms with Crippen molar-refractivity contribution in [3.8, 4) is 11.5 Å². The molecule has 3 aromatic rings. The van der Waals surface area contributed by atoms with E-state index in [1.54, 1.807) is 50.7 Å². The van der Waals surface area contributed by atoms with Crippen molar-refractivity contribution in [1.29, 1.82) is 0 Å². The smallest absolute Gasteiger partial charge is 0.274 e. The fourth-order valence-electron chi connectivity index (χ4n) is 2.65. The van der Waals surface area contributed by atoms with Gasteiger partial charge in [0.2, 0.25) is 0 Å². The minimum atomic E-state index is -0.255. The van der Waals surface area contributed by atoms with Gasteiger partial charge in [0.1, 0.15) is 17.2 Å². The average molecular weight is 377 g/mol. The summed E-state index contributed by atoms with van der Waals surface area (Å²) < 4.78 is 10.3. The largest absolute Gasteiger partial charge is 0.497 e. The summed E-state index contributed by atoms with van der Waals surface area (Å²) >= 11 is 0. The van der Waals surface area contributed by atoms with Gasteiger partial charge in [-0.05, 0) is 60.5 Å². The van der Waals surface area contributed by atoms with Gasteiger partial charge in [-0.1, -0.05) is 12.1 Å². The van der Waals surface area contributed by atoms with Gasteiger partial charge in [-0.3, -0.25) is 4.79 Å². The van der Waals surface area contributed by atoms with Crippen molar-refractivity contribution in [3.05, 3.63) is 78.1 Å². The van der Waals surface area contributed by atoms with Crippen molar-refractivity contribution in [1.82, 2.24) is 4.98 Å². The van der Waals surface area contributed by atoms with Crippen molar-refractivity contribution in [2.45, 2.75) is 6.42 Å². The molecule has 0 bridgehead atoms. The summed E-state index contributed by atoms with van der Waals surface area (Å²) in [5.41, 5.74) is 3.14. The van der Waals surface area contributed by atoms with Crippen LogP contribution in [0.25, 0.3) is 0 Å². The van der Waals surface area contributed by atoms with Crippen molar-refractivity contribution in [2.75, 3.05) is 31.4 Å². The van der Waals surface area contributed by atoms with Crippen molar-refractivity contribution < 1.29 is 14.3 Å². The van der Waals surface area contributed by atoms with Gasteiger partial charge in [-0.15, -0.1) is 0 Å². The van der Waals surface area contributed by atoms with E-state index in [2.05, 4.69) is 15.6 Å². The van der Waals surface area contributed by atoms with E-state index in [9.17, 15) is 4.79 Å². The summed E-state index contributed by atoms with van der Waals surface area (Å²) in [4.78, 5) is 16.5. The van der Waals surface area contributed by atoms with Crippen molar-refractivity contribution in [3.63, 3.8) is 0 Å². The zero-order valence-electron chi connectivity index (χ0n) is 15.9. The number of ether oxygens (including phenoxy) is 2. The van der Waals surface area contributed by atoms with E-state index in [1.807, 2.05) is 30.3 Å². The molecular formula is C22H23N3O3. The second kappa shape index (κ2) is 9.41. The molecule has 0 radical (unpaired) electrons.